The molecule has 1 atom stereocenters. The predicted octanol–water partition coefficient (Wildman–Crippen LogP) is 3.07. The third kappa shape index (κ3) is 5.64. The summed E-state index contributed by atoms with van der Waals surface area (Å²) in [5.74, 6) is 2.15. The van der Waals surface area contributed by atoms with E-state index in [-0.39, 0.29) is 11.8 Å². The molecule has 2 amide bonds. The highest BCUT2D eigenvalue weighted by Crippen LogP contribution is 2.37. The van der Waals surface area contributed by atoms with Crippen LogP contribution in [0.3, 0.4) is 0 Å². The Bertz CT molecular complexity index is 1130. The molecule has 37 heavy (non-hydrogen) atoms. The van der Waals surface area contributed by atoms with Crippen molar-refractivity contribution < 1.29 is 14.3 Å². The molecule has 198 valence electrons. The molecule has 0 spiro atoms. The number of methoxy groups -OCH3 is 1. The highest BCUT2D eigenvalue weighted by atomic mass is 16.5. The van der Waals surface area contributed by atoms with Gasteiger partial charge in [-0.25, -0.2) is 4.98 Å². The number of ether oxygens (including phenoxy) is 1. The average Bonchev–Trinajstić information content (AvgIpc) is 3.43. The van der Waals surface area contributed by atoms with E-state index in [4.69, 9.17) is 9.72 Å². The lowest BCUT2D eigenvalue weighted by atomic mass is 9.99. The molecule has 3 aliphatic rings. The minimum absolute atomic E-state index is 0.0707. The maximum Gasteiger partial charge on any atom is 0.251 e. The van der Waals surface area contributed by atoms with E-state index >= 15 is 0 Å². The second-order valence-electron chi connectivity index (χ2n) is 10.2. The van der Waals surface area contributed by atoms with Gasteiger partial charge >= 0.3 is 0 Å². The Balaban J connectivity index is 1.34. The van der Waals surface area contributed by atoms with Crippen molar-refractivity contribution in [2.24, 2.45) is 5.92 Å². The summed E-state index contributed by atoms with van der Waals surface area (Å²) in [7, 11) is 3.36. The third-order valence-electron chi connectivity index (χ3n) is 7.75. The number of fused-ring (bicyclic) bond motifs is 1. The zero-order valence-corrected chi connectivity index (χ0v) is 21.8. The monoisotopic (exact) mass is 507 g/mol. The van der Waals surface area contributed by atoms with Gasteiger partial charge in [-0.1, -0.05) is 12.8 Å². The zero-order valence-electron chi connectivity index (χ0n) is 21.8. The molecule has 1 saturated carbocycles. The van der Waals surface area contributed by atoms with Gasteiger partial charge in [-0.2, -0.15) is 4.98 Å². The van der Waals surface area contributed by atoms with Crippen molar-refractivity contribution in [1.82, 2.24) is 20.6 Å². The molecule has 2 aromatic rings. The number of nitrogens with one attached hydrogen (secondary N) is 3. The van der Waals surface area contributed by atoms with Gasteiger partial charge in [0.15, 0.2) is 5.82 Å². The first-order valence-corrected chi connectivity index (χ1v) is 13.4. The molecule has 0 radical (unpaired) electrons. The number of benzene rings is 1. The number of carbonyl (C=O) groups excluding carboxylic acids is 2. The summed E-state index contributed by atoms with van der Waals surface area (Å²) in [6, 6.07) is 5.71. The summed E-state index contributed by atoms with van der Waals surface area (Å²) in [6.07, 6.45) is 9.06. The number of aromatic nitrogens is 2. The fourth-order valence-corrected chi connectivity index (χ4v) is 5.56. The van der Waals surface area contributed by atoms with Crippen LogP contribution < -0.4 is 30.5 Å². The van der Waals surface area contributed by atoms with Gasteiger partial charge in [0.2, 0.25) is 11.9 Å². The number of hydrogen-bond donors (Lipinski definition) is 3. The minimum atomic E-state index is -0.114. The Morgan fingerprint density at radius 3 is 2.81 bits per heavy atom. The van der Waals surface area contributed by atoms with E-state index in [0.717, 1.165) is 50.3 Å². The highest BCUT2D eigenvalue weighted by molar-refractivity contribution is 5.97. The Labute approximate surface area is 218 Å². The molecule has 5 rings (SSSR count). The van der Waals surface area contributed by atoms with Crippen molar-refractivity contribution in [2.75, 3.05) is 55.5 Å². The molecule has 10 nitrogen and oxygen atoms in total. The lowest BCUT2D eigenvalue weighted by Crippen LogP contribution is -2.38. The van der Waals surface area contributed by atoms with Crippen LogP contribution >= 0.6 is 0 Å². The Morgan fingerprint density at radius 1 is 1.22 bits per heavy atom. The van der Waals surface area contributed by atoms with Crippen LogP contribution in [0.5, 0.6) is 5.75 Å². The summed E-state index contributed by atoms with van der Waals surface area (Å²) < 4.78 is 5.60. The summed E-state index contributed by atoms with van der Waals surface area (Å²) in [5.41, 5.74) is 1.94. The molecule has 2 aliphatic heterocycles. The van der Waals surface area contributed by atoms with Crippen molar-refractivity contribution >= 4 is 35.0 Å². The quantitative estimate of drug-likeness (QED) is 0.524. The number of rotatable bonds is 7. The average molecular weight is 508 g/mol. The van der Waals surface area contributed by atoms with Crippen LogP contribution in [-0.2, 0) is 4.79 Å². The summed E-state index contributed by atoms with van der Waals surface area (Å²) in [4.78, 5) is 38.7. The van der Waals surface area contributed by atoms with Crippen molar-refractivity contribution in [3.8, 4) is 5.75 Å². The van der Waals surface area contributed by atoms with Crippen molar-refractivity contribution in [3.63, 3.8) is 0 Å². The lowest BCUT2D eigenvalue weighted by molar-refractivity contribution is -0.118. The molecule has 3 N–H and O–H groups in total. The summed E-state index contributed by atoms with van der Waals surface area (Å²) in [5, 5.41) is 9.69. The number of anilines is 4. The Morgan fingerprint density at radius 2 is 2.05 bits per heavy atom. The van der Waals surface area contributed by atoms with Crippen LogP contribution in [0, 0.1) is 5.92 Å². The molecule has 0 unspecified atom stereocenters. The molecule has 1 aromatic heterocycles. The Kier molecular flexibility index (Phi) is 7.73. The first kappa shape index (κ1) is 25.3. The van der Waals surface area contributed by atoms with E-state index in [1.807, 2.05) is 6.07 Å². The van der Waals surface area contributed by atoms with E-state index in [1.54, 1.807) is 37.4 Å². The van der Waals surface area contributed by atoms with Gasteiger partial charge in [0.1, 0.15) is 11.4 Å². The van der Waals surface area contributed by atoms with Gasteiger partial charge in [-0.15, -0.1) is 0 Å². The molecule has 10 heteroatoms. The third-order valence-corrected chi connectivity index (χ3v) is 7.75. The first-order valence-electron chi connectivity index (χ1n) is 13.4. The molecule has 1 aromatic carbocycles. The van der Waals surface area contributed by atoms with Crippen LogP contribution in [0.15, 0.2) is 24.4 Å². The first-order chi connectivity index (χ1) is 18.0. The van der Waals surface area contributed by atoms with E-state index in [2.05, 4.69) is 25.8 Å². The second-order valence-corrected chi connectivity index (χ2v) is 10.2. The molecule has 0 bridgehead atoms. The topological polar surface area (TPSA) is 112 Å². The predicted molar refractivity (Wildman–Crippen MR) is 144 cm³/mol. The highest BCUT2D eigenvalue weighted by Gasteiger charge is 2.31. The van der Waals surface area contributed by atoms with Crippen LogP contribution in [0.4, 0.5) is 23.1 Å². The number of nitrogens with zero attached hydrogens (tertiary/aromatic N) is 4. The van der Waals surface area contributed by atoms with E-state index in [1.165, 1.54) is 12.8 Å². The summed E-state index contributed by atoms with van der Waals surface area (Å²) >= 11 is 0. The maximum absolute atomic E-state index is 12.8. The van der Waals surface area contributed by atoms with Crippen LogP contribution in [0.2, 0.25) is 0 Å². The van der Waals surface area contributed by atoms with E-state index in [0.29, 0.717) is 54.4 Å². The van der Waals surface area contributed by atoms with Gasteiger partial charge < -0.3 is 30.5 Å². The fraction of sp³-hybridized carbons (Fsp3) is 0.556. The number of hydrogen-bond acceptors (Lipinski definition) is 8. The van der Waals surface area contributed by atoms with Crippen molar-refractivity contribution in [1.29, 1.82) is 0 Å². The van der Waals surface area contributed by atoms with Crippen LogP contribution in [0.25, 0.3) is 0 Å². The molecular weight excluding hydrogens is 470 g/mol. The number of piperidine rings is 1. The van der Waals surface area contributed by atoms with E-state index < -0.39 is 0 Å². The maximum atomic E-state index is 12.8. The van der Waals surface area contributed by atoms with Gasteiger partial charge in [-0.3, -0.25) is 9.59 Å². The largest absolute Gasteiger partial charge is 0.495 e. The van der Waals surface area contributed by atoms with Gasteiger partial charge in [0, 0.05) is 38.2 Å². The molecule has 1 saturated heterocycles. The lowest BCUT2D eigenvalue weighted by Gasteiger charge is -2.30. The van der Waals surface area contributed by atoms with Gasteiger partial charge in [0.05, 0.1) is 19.0 Å². The SMILES string of the molecule is COc1cc(C(=O)NC[C@@H]2CCCNC2)ccc1Nc1ncc2c(n1)N(C1CCCC1)CCC(=O)N2C. The second kappa shape index (κ2) is 11.3. The van der Waals surface area contributed by atoms with Crippen LogP contribution in [-0.4, -0.2) is 68.2 Å². The van der Waals surface area contributed by atoms with Crippen molar-refractivity contribution in [2.45, 2.75) is 51.0 Å². The summed E-state index contributed by atoms with van der Waals surface area (Å²) in [6.45, 7) is 3.31. The van der Waals surface area contributed by atoms with Gasteiger partial charge in [-0.05, 0) is 62.9 Å². The van der Waals surface area contributed by atoms with Gasteiger partial charge in [0.25, 0.3) is 5.91 Å². The minimum Gasteiger partial charge on any atom is -0.495 e. The zero-order chi connectivity index (χ0) is 25.8. The van der Waals surface area contributed by atoms with E-state index in [9.17, 15) is 9.59 Å². The number of amides is 2. The standard InChI is InChI=1S/C27H37N7O3/c1-33-22-17-30-27(32-25(22)34(13-11-24(33)35)20-7-3-4-8-20)31-21-10-9-19(14-23(21)37-2)26(36)29-16-18-6-5-12-28-15-18/h9-10,14,17-18,20,28H,3-8,11-13,15-16H2,1-2H3,(H,29,36)(H,30,31,32)/t18-/m1/s1. The smallest absolute Gasteiger partial charge is 0.251 e. The number of carbonyl (C=O) groups is 2. The molecule has 2 fully saturated rings. The molecule has 3 heterocycles. The molecule has 1 aliphatic carbocycles. The normalized spacial score (nSPS) is 20.4. The van der Waals surface area contributed by atoms with Crippen LogP contribution in [0.1, 0.15) is 55.3 Å². The fourth-order valence-electron chi connectivity index (χ4n) is 5.56. The Hall–Kier alpha value is -3.40. The molecular formula is C27H37N7O3. The van der Waals surface area contributed by atoms with Crippen molar-refractivity contribution in [3.05, 3.63) is 30.0 Å².